The molecular formula is C16H21N3O3. The first-order chi connectivity index (χ1) is 10.6. The quantitative estimate of drug-likeness (QED) is 0.757. The normalized spacial score (nSPS) is 15.0. The second-order valence-electron chi connectivity index (χ2n) is 5.27. The van der Waals surface area contributed by atoms with Crippen LogP contribution in [0.15, 0.2) is 32.4 Å². The molecule has 1 aliphatic heterocycles. The zero-order chi connectivity index (χ0) is 15.9. The first-order valence-electron chi connectivity index (χ1n) is 7.62. The average molecular weight is 303 g/mol. The van der Waals surface area contributed by atoms with Gasteiger partial charge in [-0.15, -0.1) is 0 Å². The molecule has 1 aromatic heterocycles. The van der Waals surface area contributed by atoms with Crippen molar-refractivity contribution in [3.63, 3.8) is 0 Å². The molecular weight excluding hydrogens is 282 g/mol. The molecule has 1 aromatic rings. The highest BCUT2D eigenvalue weighted by molar-refractivity contribution is 5.79. The topological polar surface area (TPSA) is 87.4 Å². The van der Waals surface area contributed by atoms with E-state index in [4.69, 9.17) is 0 Å². The summed E-state index contributed by atoms with van der Waals surface area (Å²) in [5, 5.41) is 10.2. The van der Waals surface area contributed by atoms with Crippen molar-refractivity contribution in [3.05, 3.63) is 44.3 Å². The Kier molecular flexibility index (Phi) is 5.52. The van der Waals surface area contributed by atoms with Crippen molar-refractivity contribution < 1.29 is 5.11 Å². The first-order valence-corrected chi connectivity index (χ1v) is 7.62. The largest absolute Gasteiger partial charge is 0.494 e. The maximum Gasteiger partial charge on any atom is 0.331 e. The van der Waals surface area contributed by atoms with Gasteiger partial charge in [-0.2, -0.15) is 0 Å². The molecule has 0 saturated heterocycles. The summed E-state index contributed by atoms with van der Waals surface area (Å²) >= 11 is 0. The van der Waals surface area contributed by atoms with E-state index in [-0.39, 0.29) is 11.4 Å². The van der Waals surface area contributed by atoms with Gasteiger partial charge in [-0.25, -0.2) is 4.79 Å². The number of hydrogen-bond donors (Lipinski definition) is 2. The molecule has 0 bridgehead atoms. The molecule has 6 nitrogen and oxygen atoms in total. The summed E-state index contributed by atoms with van der Waals surface area (Å²) in [5.41, 5.74) is -0.556. The summed E-state index contributed by atoms with van der Waals surface area (Å²) in [7, 11) is 0. The average Bonchev–Trinajstić information content (AvgIpc) is 2.99. The van der Waals surface area contributed by atoms with Crippen LogP contribution in [0.3, 0.4) is 0 Å². The third-order valence-corrected chi connectivity index (χ3v) is 3.56. The monoisotopic (exact) mass is 303 g/mol. The zero-order valence-corrected chi connectivity index (χ0v) is 12.7. The minimum absolute atomic E-state index is 0.0619. The van der Waals surface area contributed by atoms with Crippen LogP contribution >= 0.6 is 0 Å². The van der Waals surface area contributed by atoms with E-state index in [1.54, 1.807) is 18.4 Å². The van der Waals surface area contributed by atoms with E-state index >= 15 is 0 Å². The lowest BCUT2D eigenvalue weighted by Gasteiger charge is -2.09. The van der Waals surface area contributed by atoms with Crippen LogP contribution in [-0.4, -0.2) is 20.9 Å². The van der Waals surface area contributed by atoms with Crippen molar-refractivity contribution >= 4 is 12.3 Å². The molecule has 118 valence electrons. The van der Waals surface area contributed by atoms with Crippen LogP contribution in [-0.2, 0) is 6.54 Å². The Morgan fingerprint density at radius 2 is 2.05 bits per heavy atom. The van der Waals surface area contributed by atoms with Gasteiger partial charge in [0.25, 0.3) is 5.56 Å². The second-order valence-corrected chi connectivity index (χ2v) is 5.27. The van der Waals surface area contributed by atoms with Gasteiger partial charge in [-0.3, -0.25) is 19.3 Å². The molecule has 2 rings (SSSR count). The summed E-state index contributed by atoms with van der Waals surface area (Å²) in [6, 6.07) is 0. The predicted molar refractivity (Wildman–Crippen MR) is 87.4 cm³/mol. The number of H-pyrrole nitrogens is 1. The fourth-order valence-corrected chi connectivity index (χ4v) is 2.33. The van der Waals surface area contributed by atoms with Gasteiger partial charge < -0.3 is 5.11 Å². The van der Waals surface area contributed by atoms with E-state index in [2.05, 4.69) is 16.9 Å². The number of nitrogens with one attached hydrogen (secondary N) is 1. The SMILES string of the molecule is CCCCCCCn1c(O)c(C=C2C=CC=N2)c(=O)[nH]c1=O. The Morgan fingerprint density at radius 1 is 1.27 bits per heavy atom. The van der Waals surface area contributed by atoms with Crippen molar-refractivity contribution in [2.24, 2.45) is 4.99 Å². The van der Waals surface area contributed by atoms with Crippen molar-refractivity contribution in [2.75, 3.05) is 0 Å². The van der Waals surface area contributed by atoms with Crippen molar-refractivity contribution in [1.82, 2.24) is 9.55 Å². The number of hydrogen-bond acceptors (Lipinski definition) is 4. The van der Waals surface area contributed by atoms with Gasteiger partial charge in [-0.05, 0) is 24.6 Å². The lowest BCUT2D eigenvalue weighted by atomic mass is 10.1. The Hall–Kier alpha value is -2.37. The van der Waals surface area contributed by atoms with Gasteiger partial charge in [0, 0.05) is 12.8 Å². The van der Waals surface area contributed by atoms with Gasteiger partial charge >= 0.3 is 5.69 Å². The predicted octanol–water partition coefficient (Wildman–Crippen LogP) is 2.19. The molecule has 0 unspecified atom stereocenters. The lowest BCUT2D eigenvalue weighted by Crippen LogP contribution is -2.31. The highest BCUT2D eigenvalue weighted by Crippen LogP contribution is 2.17. The Morgan fingerprint density at radius 3 is 2.73 bits per heavy atom. The number of aromatic hydroxyl groups is 1. The van der Waals surface area contributed by atoms with Crippen LogP contribution in [0.5, 0.6) is 5.88 Å². The molecule has 2 heterocycles. The summed E-state index contributed by atoms with van der Waals surface area (Å²) in [4.78, 5) is 30.0. The summed E-state index contributed by atoms with van der Waals surface area (Å²) < 4.78 is 1.21. The Balaban J connectivity index is 2.21. The van der Waals surface area contributed by atoms with Crippen molar-refractivity contribution in [3.8, 4) is 5.88 Å². The number of rotatable bonds is 7. The molecule has 2 N–H and O–H groups in total. The minimum Gasteiger partial charge on any atom is -0.494 e. The molecule has 0 aromatic carbocycles. The molecule has 1 aliphatic rings. The fourth-order valence-electron chi connectivity index (χ4n) is 2.33. The van der Waals surface area contributed by atoms with Crippen molar-refractivity contribution in [2.45, 2.75) is 45.6 Å². The van der Waals surface area contributed by atoms with E-state index in [1.165, 1.54) is 10.6 Å². The number of unbranched alkanes of at least 4 members (excludes halogenated alkanes) is 4. The molecule has 22 heavy (non-hydrogen) atoms. The van der Waals surface area contributed by atoms with Crippen LogP contribution in [0.25, 0.3) is 6.08 Å². The van der Waals surface area contributed by atoms with Gasteiger partial charge in [0.15, 0.2) is 0 Å². The molecule has 0 atom stereocenters. The molecule has 0 fully saturated rings. The Labute approximate surface area is 128 Å². The highest BCUT2D eigenvalue weighted by atomic mass is 16.3. The second kappa shape index (κ2) is 7.59. The number of aromatic amines is 1. The number of aromatic nitrogens is 2. The van der Waals surface area contributed by atoms with Gasteiger partial charge in [-0.1, -0.05) is 32.6 Å². The maximum absolute atomic E-state index is 11.9. The van der Waals surface area contributed by atoms with Gasteiger partial charge in [0.2, 0.25) is 5.88 Å². The summed E-state index contributed by atoms with van der Waals surface area (Å²) in [5.74, 6) is -0.299. The third-order valence-electron chi connectivity index (χ3n) is 3.56. The lowest BCUT2D eigenvalue weighted by molar-refractivity contribution is 0.391. The molecule has 0 amide bonds. The number of aliphatic imine (C=N–C) groups is 1. The molecule has 0 spiro atoms. The molecule has 0 aliphatic carbocycles. The van der Waals surface area contributed by atoms with E-state index in [1.807, 2.05) is 0 Å². The maximum atomic E-state index is 11.9. The van der Waals surface area contributed by atoms with E-state index in [0.717, 1.165) is 32.1 Å². The standard InChI is InChI=1S/C16H21N3O3/c1-2-3-4-5-6-10-19-15(21)13(14(20)18-16(19)22)11-12-8-7-9-17-12/h7-9,11,21H,2-6,10H2,1H3,(H,18,20,22). The summed E-state index contributed by atoms with van der Waals surface area (Å²) in [6.45, 7) is 2.53. The highest BCUT2D eigenvalue weighted by Gasteiger charge is 2.13. The van der Waals surface area contributed by atoms with Crippen LogP contribution in [0.4, 0.5) is 0 Å². The third kappa shape index (κ3) is 3.84. The van der Waals surface area contributed by atoms with Crippen molar-refractivity contribution in [1.29, 1.82) is 0 Å². The van der Waals surface area contributed by atoms with Crippen LogP contribution < -0.4 is 11.2 Å². The van der Waals surface area contributed by atoms with E-state index < -0.39 is 11.2 Å². The van der Waals surface area contributed by atoms with Crippen LogP contribution in [0.1, 0.15) is 44.6 Å². The molecule has 6 heteroatoms. The van der Waals surface area contributed by atoms with Crippen LogP contribution in [0, 0.1) is 0 Å². The molecule has 0 saturated carbocycles. The Bertz CT molecular complexity index is 709. The summed E-state index contributed by atoms with van der Waals surface area (Å²) in [6.07, 6.45) is 11.7. The number of nitrogens with zero attached hydrogens (tertiary/aromatic N) is 2. The van der Waals surface area contributed by atoms with Crippen LogP contribution in [0.2, 0.25) is 0 Å². The fraction of sp³-hybridized carbons (Fsp3) is 0.438. The van der Waals surface area contributed by atoms with Gasteiger partial charge in [0.05, 0.1) is 5.70 Å². The number of allylic oxidation sites excluding steroid dienone is 2. The van der Waals surface area contributed by atoms with Gasteiger partial charge in [0.1, 0.15) is 5.56 Å². The van der Waals surface area contributed by atoms with E-state index in [0.29, 0.717) is 12.2 Å². The smallest absolute Gasteiger partial charge is 0.331 e. The zero-order valence-electron chi connectivity index (χ0n) is 12.7. The minimum atomic E-state index is -0.604. The molecule has 0 radical (unpaired) electrons. The van der Waals surface area contributed by atoms with E-state index in [9.17, 15) is 14.7 Å². The first kappa shape index (κ1) is 16.0.